The Labute approximate surface area is 138 Å². The number of likely N-dealkylation sites (tertiary alicyclic amines) is 1. The van der Waals surface area contributed by atoms with Gasteiger partial charge in [-0.2, -0.15) is 0 Å². The van der Waals surface area contributed by atoms with Crippen LogP contribution in [0.5, 0.6) is 5.88 Å². The molecule has 1 aromatic carbocycles. The van der Waals surface area contributed by atoms with Crippen LogP contribution in [-0.2, 0) is 4.79 Å². The van der Waals surface area contributed by atoms with Crippen molar-refractivity contribution in [3.8, 4) is 11.6 Å². The maximum atomic E-state index is 12.3. The Balaban J connectivity index is 1.72. The topological polar surface area (TPSA) is 47.4 Å². The molecule has 0 N–H and O–H groups in total. The van der Waals surface area contributed by atoms with Crippen LogP contribution in [-0.4, -0.2) is 39.8 Å². The molecule has 0 unspecified atom stereocenters. The van der Waals surface area contributed by atoms with Crippen LogP contribution >= 0.6 is 15.9 Å². The third-order valence-corrected chi connectivity index (χ3v) is 4.26. The summed E-state index contributed by atoms with van der Waals surface area (Å²) < 4.78 is 8.21. The molecule has 1 aliphatic rings. The summed E-state index contributed by atoms with van der Waals surface area (Å²) in [5.74, 6) is 0.461. The van der Waals surface area contributed by atoms with E-state index in [4.69, 9.17) is 4.74 Å². The van der Waals surface area contributed by atoms with Crippen molar-refractivity contribution in [2.45, 2.75) is 25.9 Å². The number of ether oxygens (including phenoxy) is 1. The van der Waals surface area contributed by atoms with Gasteiger partial charge in [-0.05, 0) is 47.8 Å². The molecule has 1 fully saturated rings. The molecular weight excluding hydrogens is 346 g/mol. The van der Waals surface area contributed by atoms with Gasteiger partial charge in [0, 0.05) is 19.3 Å². The first-order valence-electron chi connectivity index (χ1n) is 7.41. The molecule has 116 valence electrons. The lowest BCUT2D eigenvalue weighted by Gasteiger charge is -2.20. The third kappa shape index (κ3) is 3.16. The van der Waals surface area contributed by atoms with Crippen molar-refractivity contribution < 1.29 is 9.53 Å². The highest BCUT2D eigenvalue weighted by Crippen LogP contribution is 2.26. The molecule has 2 heterocycles. The Kier molecular flexibility index (Phi) is 4.47. The molecule has 0 spiro atoms. The molecule has 22 heavy (non-hydrogen) atoms. The summed E-state index contributed by atoms with van der Waals surface area (Å²) in [6, 6.07) is 9.77. The first kappa shape index (κ1) is 15.1. The number of hydrogen-bond acceptors (Lipinski definition) is 3. The highest BCUT2D eigenvalue weighted by atomic mass is 79.9. The van der Waals surface area contributed by atoms with Gasteiger partial charge in [0.05, 0.1) is 10.2 Å². The average molecular weight is 364 g/mol. The van der Waals surface area contributed by atoms with Crippen LogP contribution < -0.4 is 4.74 Å². The number of rotatable bonds is 4. The van der Waals surface area contributed by atoms with Crippen LogP contribution in [0, 0.1) is 0 Å². The van der Waals surface area contributed by atoms with E-state index in [0.717, 1.165) is 36.1 Å². The zero-order chi connectivity index (χ0) is 15.5. The summed E-state index contributed by atoms with van der Waals surface area (Å²) in [5, 5.41) is 4.41. The van der Waals surface area contributed by atoms with Crippen molar-refractivity contribution in [1.29, 1.82) is 0 Å². The molecule has 3 rings (SSSR count). The van der Waals surface area contributed by atoms with Crippen LogP contribution in [0.4, 0.5) is 0 Å². The van der Waals surface area contributed by atoms with E-state index in [0.29, 0.717) is 5.88 Å². The maximum Gasteiger partial charge on any atom is 0.263 e. The van der Waals surface area contributed by atoms with E-state index in [1.807, 2.05) is 41.4 Å². The Morgan fingerprint density at radius 3 is 2.64 bits per heavy atom. The van der Waals surface area contributed by atoms with E-state index >= 15 is 0 Å². The number of aromatic nitrogens is 2. The van der Waals surface area contributed by atoms with E-state index in [2.05, 4.69) is 21.0 Å². The lowest BCUT2D eigenvalue weighted by molar-refractivity contribution is -0.136. The molecule has 0 radical (unpaired) electrons. The minimum atomic E-state index is -0.534. The highest BCUT2D eigenvalue weighted by Gasteiger charge is 2.25. The summed E-state index contributed by atoms with van der Waals surface area (Å²) in [4.78, 5) is 14.1. The quantitative estimate of drug-likeness (QED) is 0.838. The van der Waals surface area contributed by atoms with Crippen LogP contribution in [0.1, 0.15) is 19.8 Å². The number of nitrogens with zero attached hydrogens (tertiary/aromatic N) is 3. The average Bonchev–Trinajstić information content (AvgIpc) is 3.18. The van der Waals surface area contributed by atoms with Crippen molar-refractivity contribution in [2.75, 3.05) is 13.1 Å². The molecule has 5 nitrogen and oxygen atoms in total. The van der Waals surface area contributed by atoms with Crippen LogP contribution in [0.25, 0.3) is 5.69 Å². The number of para-hydroxylation sites is 1. The first-order chi connectivity index (χ1) is 10.6. The van der Waals surface area contributed by atoms with Gasteiger partial charge in [-0.1, -0.05) is 18.2 Å². The van der Waals surface area contributed by atoms with Crippen LogP contribution in [0.3, 0.4) is 0 Å². The fourth-order valence-corrected chi connectivity index (χ4v) is 2.91. The van der Waals surface area contributed by atoms with Gasteiger partial charge < -0.3 is 9.64 Å². The Bertz CT molecular complexity index is 651. The van der Waals surface area contributed by atoms with Crippen molar-refractivity contribution in [1.82, 2.24) is 14.7 Å². The molecule has 0 aliphatic carbocycles. The van der Waals surface area contributed by atoms with Gasteiger partial charge >= 0.3 is 0 Å². The zero-order valence-corrected chi connectivity index (χ0v) is 14.0. The molecule has 0 bridgehead atoms. The number of carbonyl (C=O) groups excluding carboxylic acids is 1. The normalized spacial score (nSPS) is 15.8. The van der Waals surface area contributed by atoms with Gasteiger partial charge in [-0.15, -0.1) is 5.10 Å². The van der Waals surface area contributed by atoms with E-state index in [9.17, 15) is 4.79 Å². The monoisotopic (exact) mass is 363 g/mol. The second-order valence-corrected chi connectivity index (χ2v) is 6.21. The molecular formula is C16H18BrN3O2. The van der Waals surface area contributed by atoms with Crippen molar-refractivity contribution in [3.05, 3.63) is 41.0 Å². The SMILES string of the molecule is C[C@@H](Oc1nn(-c2ccccc2)cc1Br)C(=O)N1CCCC1. The lowest BCUT2D eigenvalue weighted by Crippen LogP contribution is -2.38. The van der Waals surface area contributed by atoms with E-state index < -0.39 is 6.10 Å². The molecule has 1 aliphatic heterocycles. The largest absolute Gasteiger partial charge is 0.463 e. The fraction of sp³-hybridized carbons (Fsp3) is 0.375. The Morgan fingerprint density at radius 2 is 1.95 bits per heavy atom. The first-order valence-corrected chi connectivity index (χ1v) is 8.20. The fourth-order valence-electron chi connectivity index (χ4n) is 2.54. The molecule has 1 amide bonds. The third-order valence-electron chi connectivity index (χ3n) is 3.71. The maximum absolute atomic E-state index is 12.3. The summed E-state index contributed by atoms with van der Waals surface area (Å²) in [7, 11) is 0. The second-order valence-electron chi connectivity index (χ2n) is 5.35. The number of amides is 1. The van der Waals surface area contributed by atoms with Crippen molar-refractivity contribution >= 4 is 21.8 Å². The smallest absolute Gasteiger partial charge is 0.263 e. The number of hydrogen-bond donors (Lipinski definition) is 0. The van der Waals surface area contributed by atoms with E-state index in [-0.39, 0.29) is 5.91 Å². The number of carbonyl (C=O) groups is 1. The van der Waals surface area contributed by atoms with Gasteiger partial charge in [0.2, 0.25) is 5.88 Å². The summed E-state index contributed by atoms with van der Waals surface area (Å²) >= 11 is 3.44. The van der Waals surface area contributed by atoms with Crippen LogP contribution in [0.15, 0.2) is 41.0 Å². The molecule has 1 aromatic heterocycles. The molecule has 6 heteroatoms. The second kappa shape index (κ2) is 6.52. The zero-order valence-electron chi connectivity index (χ0n) is 12.4. The highest BCUT2D eigenvalue weighted by molar-refractivity contribution is 9.10. The minimum absolute atomic E-state index is 0.0265. The Morgan fingerprint density at radius 1 is 1.27 bits per heavy atom. The number of halogens is 1. The predicted molar refractivity (Wildman–Crippen MR) is 87.2 cm³/mol. The van der Waals surface area contributed by atoms with Crippen molar-refractivity contribution in [2.24, 2.45) is 0 Å². The lowest BCUT2D eigenvalue weighted by atomic mass is 10.3. The molecule has 2 aromatic rings. The summed E-state index contributed by atoms with van der Waals surface area (Å²) in [5.41, 5.74) is 0.941. The predicted octanol–water partition coefficient (Wildman–Crippen LogP) is 3.02. The van der Waals surface area contributed by atoms with Gasteiger partial charge in [-0.3, -0.25) is 4.79 Å². The minimum Gasteiger partial charge on any atom is -0.463 e. The van der Waals surface area contributed by atoms with E-state index in [1.165, 1.54) is 0 Å². The molecule has 1 atom stereocenters. The van der Waals surface area contributed by atoms with Gasteiger partial charge in [-0.25, -0.2) is 4.68 Å². The number of benzene rings is 1. The van der Waals surface area contributed by atoms with Crippen LogP contribution in [0.2, 0.25) is 0 Å². The van der Waals surface area contributed by atoms with Gasteiger partial charge in [0.15, 0.2) is 6.10 Å². The Hall–Kier alpha value is -1.82. The van der Waals surface area contributed by atoms with Gasteiger partial charge in [0.1, 0.15) is 0 Å². The molecule has 0 saturated carbocycles. The van der Waals surface area contributed by atoms with E-state index in [1.54, 1.807) is 11.6 Å². The summed E-state index contributed by atoms with van der Waals surface area (Å²) in [6.45, 7) is 3.42. The van der Waals surface area contributed by atoms with Crippen molar-refractivity contribution in [3.63, 3.8) is 0 Å². The molecule has 1 saturated heterocycles. The van der Waals surface area contributed by atoms with Gasteiger partial charge in [0.25, 0.3) is 5.91 Å². The standard InChI is InChI=1S/C16H18BrN3O2/c1-12(16(21)19-9-5-6-10-19)22-15-14(17)11-20(18-15)13-7-3-2-4-8-13/h2-4,7-8,11-12H,5-6,9-10H2,1H3/t12-/m1/s1. The summed E-state index contributed by atoms with van der Waals surface area (Å²) in [6.07, 6.45) is 3.45.